The Morgan fingerprint density at radius 1 is 1.17 bits per heavy atom. The summed E-state index contributed by atoms with van der Waals surface area (Å²) in [5.74, 6) is -0.916. The summed E-state index contributed by atoms with van der Waals surface area (Å²) in [7, 11) is -3.60. The minimum absolute atomic E-state index is 0.113. The molecule has 1 fully saturated rings. The highest BCUT2D eigenvalue weighted by Gasteiger charge is 2.37. The first-order valence-electron chi connectivity index (χ1n) is 12.2. The van der Waals surface area contributed by atoms with Gasteiger partial charge in [-0.25, -0.2) is 8.42 Å². The minimum atomic E-state index is -3.60. The average molecular weight is 502 g/mol. The number of rotatable bonds is 8. The first-order valence-corrected chi connectivity index (χ1v) is 13.7. The van der Waals surface area contributed by atoms with E-state index < -0.39 is 16.0 Å². The van der Waals surface area contributed by atoms with Crippen molar-refractivity contribution >= 4 is 21.7 Å². The Kier molecular flexibility index (Phi) is 7.11. The second-order valence-electron chi connectivity index (χ2n) is 10.2. The third-order valence-corrected chi connectivity index (χ3v) is 8.96. The van der Waals surface area contributed by atoms with E-state index in [2.05, 4.69) is 19.0 Å². The van der Waals surface area contributed by atoms with Crippen molar-refractivity contribution in [3.05, 3.63) is 52.3 Å². The molecule has 1 saturated heterocycles. The van der Waals surface area contributed by atoms with E-state index in [4.69, 9.17) is 4.84 Å². The topological polar surface area (TPSA) is 101 Å². The summed E-state index contributed by atoms with van der Waals surface area (Å²) in [6, 6.07) is 7.15. The van der Waals surface area contributed by atoms with Crippen LogP contribution in [0, 0.1) is 12.3 Å². The fraction of sp³-hybridized carbons (Fsp3) is 0.538. The van der Waals surface area contributed by atoms with Crippen LogP contribution >= 0.6 is 0 Å². The summed E-state index contributed by atoms with van der Waals surface area (Å²) in [4.78, 5) is 17.5. The van der Waals surface area contributed by atoms with Gasteiger partial charge < -0.3 is 14.5 Å². The summed E-state index contributed by atoms with van der Waals surface area (Å²) in [5.41, 5.74) is 4.96. The van der Waals surface area contributed by atoms with Crippen molar-refractivity contribution in [1.29, 1.82) is 0 Å². The number of carbonyl (C=O) groups is 1. The van der Waals surface area contributed by atoms with Gasteiger partial charge in [0, 0.05) is 36.5 Å². The van der Waals surface area contributed by atoms with Crippen molar-refractivity contribution in [2.75, 3.05) is 19.7 Å². The van der Waals surface area contributed by atoms with Gasteiger partial charge in [-0.2, -0.15) is 4.31 Å². The number of nitrogens with zero attached hydrogens (tertiary/aromatic N) is 3. The first-order chi connectivity index (χ1) is 16.5. The number of sulfonamides is 1. The van der Waals surface area contributed by atoms with Crippen LogP contribution in [-0.4, -0.2) is 53.8 Å². The molecule has 0 bridgehead atoms. The van der Waals surface area contributed by atoms with Crippen LogP contribution in [0.4, 0.5) is 0 Å². The fourth-order valence-corrected chi connectivity index (χ4v) is 7.12. The first kappa shape index (κ1) is 25.4. The third-order valence-electron chi connectivity index (χ3n) is 6.96. The third kappa shape index (κ3) is 5.02. The van der Waals surface area contributed by atoms with Gasteiger partial charge in [0.1, 0.15) is 13.2 Å². The molecule has 0 amide bonds. The Labute approximate surface area is 207 Å². The van der Waals surface area contributed by atoms with E-state index in [0.717, 1.165) is 41.1 Å². The van der Waals surface area contributed by atoms with Gasteiger partial charge in [-0.05, 0) is 62.1 Å². The Bertz CT molecular complexity index is 1250. The quantitative estimate of drug-likeness (QED) is 0.552. The van der Waals surface area contributed by atoms with Crippen molar-refractivity contribution in [2.24, 2.45) is 10.6 Å². The molecule has 1 aromatic heterocycles. The normalized spacial score (nSPS) is 19.1. The molecular formula is C26H35N3O5S. The lowest BCUT2D eigenvalue weighted by Crippen LogP contribution is -2.30. The molecule has 2 heterocycles. The van der Waals surface area contributed by atoms with E-state index in [1.807, 2.05) is 30.5 Å². The number of fused-ring (bicyclic) bond motifs is 1. The van der Waals surface area contributed by atoms with Crippen LogP contribution in [-0.2, 0) is 39.0 Å². The summed E-state index contributed by atoms with van der Waals surface area (Å²) in [6.45, 7) is 9.44. The Morgan fingerprint density at radius 3 is 2.51 bits per heavy atom. The van der Waals surface area contributed by atoms with Crippen LogP contribution in [0.1, 0.15) is 68.1 Å². The van der Waals surface area contributed by atoms with Crippen LogP contribution in [0.3, 0.4) is 0 Å². The molecule has 2 aliphatic rings. The number of benzene rings is 1. The molecular weight excluding hydrogens is 466 g/mol. The molecule has 0 saturated carbocycles. The smallest absolute Gasteiger partial charge is 0.323 e. The van der Waals surface area contributed by atoms with Gasteiger partial charge in [-0.15, -0.1) is 0 Å². The molecule has 4 rings (SSSR count). The molecule has 0 spiro atoms. The zero-order valence-corrected chi connectivity index (χ0v) is 21.8. The molecule has 190 valence electrons. The molecule has 0 radical (unpaired) electrons. The van der Waals surface area contributed by atoms with Crippen LogP contribution < -0.4 is 0 Å². The predicted octanol–water partition coefficient (Wildman–Crippen LogP) is 3.97. The largest absolute Gasteiger partial charge is 0.480 e. The maximum absolute atomic E-state index is 13.5. The molecule has 1 aliphatic carbocycles. The standard InChI is InChI=1S/C26H35N3O5S/c1-5-34-27-21-15-26(3,4)16-22-25(21)20(18(2)29(22)17-24(30)31)14-19-10-6-7-11-23(19)35(32,33)28-12-8-9-13-28/h6-7,10-11H,5,8-9,12-17H2,1-4H3,(H,30,31). The molecule has 1 aromatic carbocycles. The fourth-order valence-electron chi connectivity index (χ4n) is 5.38. The lowest BCUT2D eigenvalue weighted by atomic mass is 9.74. The maximum Gasteiger partial charge on any atom is 0.323 e. The summed E-state index contributed by atoms with van der Waals surface area (Å²) in [5, 5.41) is 14.1. The van der Waals surface area contributed by atoms with Gasteiger partial charge in [-0.1, -0.05) is 37.2 Å². The molecule has 0 unspecified atom stereocenters. The average Bonchev–Trinajstić information content (AvgIpc) is 3.41. The van der Waals surface area contributed by atoms with Gasteiger partial charge in [0.2, 0.25) is 10.0 Å². The van der Waals surface area contributed by atoms with Gasteiger partial charge in [0.15, 0.2) is 0 Å². The molecule has 1 N–H and O–H groups in total. The monoisotopic (exact) mass is 501 g/mol. The zero-order chi connectivity index (χ0) is 25.4. The predicted molar refractivity (Wildman–Crippen MR) is 134 cm³/mol. The molecule has 35 heavy (non-hydrogen) atoms. The number of hydrogen-bond donors (Lipinski definition) is 1. The number of aromatic nitrogens is 1. The number of oxime groups is 1. The van der Waals surface area contributed by atoms with E-state index in [1.54, 1.807) is 16.4 Å². The van der Waals surface area contributed by atoms with Crippen molar-refractivity contribution in [2.45, 2.75) is 71.2 Å². The minimum Gasteiger partial charge on any atom is -0.480 e. The molecule has 2 aromatic rings. The number of hydrogen-bond acceptors (Lipinski definition) is 5. The van der Waals surface area contributed by atoms with E-state index in [-0.39, 0.29) is 12.0 Å². The molecule has 8 nitrogen and oxygen atoms in total. The van der Waals surface area contributed by atoms with Gasteiger partial charge in [-0.3, -0.25) is 4.79 Å². The van der Waals surface area contributed by atoms with Crippen molar-refractivity contribution in [3.63, 3.8) is 0 Å². The van der Waals surface area contributed by atoms with Crippen LogP contribution in [0.25, 0.3) is 0 Å². The van der Waals surface area contributed by atoms with Crippen molar-refractivity contribution in [3.8, 4) is 0 Å². The van der Waals surface area contributed by atoms with Crippen molar-refractivity contribution < 1.29 is 23.2 Å². The van der Waals surface area contributed by atoms with E-state index in [9.17, 15) is 18.3 Å². The van der Waals surface area contributed by atoms with Gasteiger partial charge in [0.05, 0.1) is 10.6 Å². The molecule has 9 heteroatoms. The van der Waals surface area contributed by atoms with Crippen LogP contribution in [0.2, 0.25) is 0 Å². The van der Waals surface area contributed by atoms with E-state index >= 15 is 0 Å². The lowest BCUT2D eigenvalue weighted by Gasteiger charge is -2.31. The molecule has 1 aliphatic heterocycles. The summed E-state index contributed by atoms with van der Waals surface area (Å²) < 4.78 is 30.3. The second-order valence-corrected chi connectivity index (χ2v) is 12.1. The zero-order valence-electron chi connectivity index (χ0n) is 21.0. The van der Waals surface area contributed by atoms with Crippen molar-refractivity contribution in [1.82, 2.24) is 8.87 Å². The Balaban J connectivity index is 1.87. The Morgan fingerprint density at radius 2 is 1.86 bits per heavy atom. The van der Waals surface area contributed by atoms with Crippen LogP contribution in [0.15, 0.2) is 34.3 Å². The molecule has 0 atom stereocenters. The maximum atomic E-state index is 13.5. The van der Waals surface area contributed by atoms with Gasteiger partial charge in [0.25, 0.3) is 0 Å². The number of carboxylic acid groups (broad SMARTS) is 1. The number of aliphatic carboxylic acids is 1. The highest BCUT2D eigenvalue weighted by atomic mass is 32.2. The van der Waals surface area contributed by atoms with E-state index in [1.165, 1.54) is 0 Å². The number of carboxylic acids is 1. The summed E-state index contributed by atoms with van der Waals surface area (Å²) >= 11 is 0. The SMILES string of the molecule is CCON=C1CC(C)(C)Cc2c1c(Cc1ccccc1S(=O)(=O)N1CCCC1)c(C)n2CC(=O)O. The lowest BCUT2D eigenvalue weighted by molar-refractivity contribution is -0.137. The highest BCUT2D eigenvalue weighted by molar-refractivity contribution is 7.89. The second kappa shape index (κ2) is 9.78. The van der Waals surface area contributed by atoms with Crippen LogP contribution in [0.5, 0.6) is 0 Å². The van der Waals surface area contributed by atoms with E-state index in [0.29, 0.717) is 49.4 Å². The highest BCUT2D eigenvalue weighted by Crippen LogP contribution is 2.40. The van der Waals surface area contributed by atoms with Gasteiger partial charge >= 0.3 is 5.97 Å². The Hall–Kier alpha value is -2.65. The summed E-state index contributed by atoms with van der Waals surface area (Å²) in [6.07, 6.45) is 3.51.